The summed E-state index contributed by atoms with van der Waals surface area (Å²) in [5, 5.41) is 3.66. The number of nitrogens with one attached hydrogen (secondary N) is 1. The number of ether oxygens (including phenoxy) is 1. The normalized spacial score (nSPS) is 20.5. The zero-order valence-electron chi connectivity index (χ0n) is 13.5. The molecule has 124 valence electrons. The summed E-state index contributed by atoms with van der Waals surface area (Å²) in [6, 6.07) is 7.70. The first-order valence-corrected chi connectivity index (χ1v) is 8.92. The molecule has 0 spiro atoms. The van der Waals surface area contributed by atoms with Gasteiger partial charge in [0, 0.05) is 24.8 Å². The minimum atomic E-state index is -0.201. The molecule has 0 unspecified atom stereocenters. The fourth-order valence-corrected chi connectivity index (χ4v) is 3.52. The number of para-hydroxylation sites is 2. The van der Waals surface area contributed by atoms with Crippen LogP contribution in [-0.4, -0.2) is 35.4 Å². The molecule has 2 heterocycles. The van der Waals surface area contributed by atoms with Gasteiger partial charge in [-0.2, -0.15) is 0 Å². The van der Waals surface area contributed by atoms with Crippen molar-refractivity contribution in [3.8, 4) is 0 Å². The Bertz CT molecular complexity index is 650. The molecule has 1 aliphatic rings. The number of hydrogen-bond acceptors (Lipinski definition) is 5. The van der Waals surface area contributed by atoms with Crippen molar-refractivity contribution in [3.05, 3.63) is 24.3 Å². The molecule has 1 aromatic heterocycles. The number of benzene rings is 1. The zero-order chi connectivity index (χ0) is 16.3. The Morgan fingerprint density at radius 2 is 2.26 bits per heavy atom. The van der Waals surface area contributed by atoms with E-state index in [0.29, 0.717) is 18.4 Å². The highest BCUT2D eigenvalue weighted by Crippen LogP contribution is 2.28. The second kappa shape index (κ2) is 6.93. The summed E-state index contributed by atoms with van der Waals surface area (Å²) < 4.78 is 11.3. The van der Waals surface area contributed by atoms with Crippen molar-refractivity contribution in [1.29, 1.82) is 0 Å². The van der Waals surface area contributed by atoms with Crippen LogP contribution in [-0.2, 0) is 9.53 Å². The van der Waals surface area contributed by atoms with Crippen LogP contribution in [0, 0.1) is 5.92 Å². The van der Waals surface area contributed by atoms with Crippen LogP contribution in [0.5, 0.6) is 0 Å². The molecule has 1 N–H and O–H groups in total. The molecule has 0 aliphatic carbocycles. The second-order valence-corrected chi connectivity index (χ2v) is 7.43. The number of oxazole rings is 1. The van der Waals surface area contributed by atoms with Crippen LogP contribution in [0.4, 0.5) is 0 Å². The fraction of sp³-hybridized carbons (Fsp3) is 0.529. The summed E-state index contributed by atoms with van der Waals surface area (Å²) in [7, 11) is 0. The summed E-state index contributed by atoms with van der Waals surface area (Å²) in [6.07, 6.45) is 1.57. The maximum absolute atomic E-state index is 12.2. The van der Waals surface area contributed by atoms with E-state index in [1.807, 2.05) is 38.1 Å². The smallest absolute Gasteiger partial charge is 0.256 e. The van der Waals surface area contributed by atoms with Crippen molar-refractivity contribution in [1.82, 2.24) is 10.3 Å². The van der Waals surface area contributed by atoms with Crippen molar-refractivity contribution in [3.63, 3.8) is 0 Å². The van der Waals surface area contributed by atoms with E-state index < -0.39 is 0 Å². The van der Waals surface area contributed by atoms with Gasteiger partial charge in [0.05, 0.1) is 5.60 Å². The number of nitrogens with zero attached hydrogens (tertiary/aromatic N) is 1. The van der Waals surface area contributed by atoms with Gasteiger partial charge in [-0.1, -0.05) is 23.9 Å². The van der Waals surface area contributed by atoms with Crippen LogP contribution in [0.15, 0.2) is 33.9 Å². The molecule has 23 heavy (non-hydrogen) atoms. The van der Waals surface area contributed by atoms with Crippen LogP contribution in [0.3, 0.4) is 0 Å². The molecule has 6 heteroatoms. The molecule has 0 bridgehead atoms. The standard InChI is InChI=1S/C17H22N2O3S/c1-17(2)11-12(7-9-21-17)15(20)18-8-10-23-16-19-13-5-3-4-6-14(13)22-16/h3-6,12H,7-11H2,1-2H3,(H,18,20)/t12-/m0/s1. The SMILES string of the molecule is CC1(C)C[C@@H](C(=O)NCCSc2nc3ccccc3o2)CCO1. The molecular formula is C17H22N2O3S. The van der Waals surface area contributed by atoms with Gasteiger partial charge in [0.1, 0.15) is 5.52 Å². The Kier molecular flexibility index (Phi) is 4.92. The quantitative estimate of drug-likeness (QED) is 0.672. The Hall–Kier alpha value is -1.53. The van der Waals surface area contributed by atoms with Crippen molar-refractivity contribution in [2.24, 2.45) is 5.92 Å². The minimum absolute atomic E-state index is 0.0491. The highest BCUT2D eigenvalue weighted by molar-refractivity contribution is 7.99. The van der Waals surface area contributed by atoms with Gasteiger partial charge in [0.2, 0.25) is 5.91 Å². The largest absolute Gasteiger partial charge is 0.431 e. The van der Waals surface area contributed by atoms with E-state index in [0.717, 1.165) is 29.7 Å². The van der Waals surface area contributed by atoms with Gasteiger partial charge in [-0.3, -0.25) is 4.79 Å². The maximum Gasteiger partial charge on any atom is 0.256 e. The van der Waals surface area contributed by atoms with Gasteiger partial charge in [-0.05, 0) is 38.8 Å². The first-order valence-electron chi connectivity index (χ1n) is 7.93. The topological polar surface area (TPSA) is 64.4 Å². The van der Waals surface area contributed by atoms with E-state index in [1.165, 1.54) is 11.8 Å². The number of rotatable bonds is 5. The highest BCUT2D eigenvalue weighted by atomic mass is 32.2. The average molecular weight is 334 g/mol. The van der Waals surface area contributed by atoms with Crippen LogP contribution in [0.2, 0.25) is 0 Å². The average Bonchev–Trinajstić information content (AvgIpc) is 2.93. The van der Waals surface area contributed by atoms with Crippen LogP contribution in [0.25, 0.3) is 11.1 Å². The second-order valence-electron chi connectivity index (χ2n) is 6.38. The van der Waals surface area contributed by atoms with Gasteiger partial charge in [-0.25, -0.2) is 4.98 Å². The Balaban J connectivity index is 1.43. The molecule has 1 amide bonds. The molecule has 0 radical (unpaired) electrons. The van der Waals surface area contributed by atoms with Crippen molar-refractivity contribution < 1.29 is 13.9 Å². The fourth-order valence-electron chi connectivity index (χ4n) is 2.83. The first-order chi connectivity index (χ1) is 11.0. The molecule has 3 rings (SSSR count). The number of thioether (sulfide) groups is 1. The Labute approximate surface area is 140 Å². The maximum atomic E-state index is 12.2. The van der Waals surface area contributed by atoms with E-state index in [9.17, 15) is 4.79 Å². The Morgan fingerprint density at radius 1 is 1.43 bits per heavy atom. The third kappa shape index (κ3) is 4.26. The third-order valence-electron chi connectivity index (χ3n) is 3.97. The lowest BCUT2D eigenvalue weighted by atomic mass is 9.88. The molecule has 1 aromatic carbocycles. The summed E-state index contributed by atoms with van der Waals surface area (Å²) in [5.41, 5.74) is 1.46. The van der Waals surface area contributed by atoms with Crippen LogP contribution in [0.1, 0.15) is 26.7 Å². The number of carbonyl (C=O) groups excluding carboxylic acids is 1. The molecular weight excluding hydrogens is 312 g/mol. The monoisotopic (exact) mass is 334 g/mol. The van der Waals surface area contributed by atoms with E-state index >= 15 is 0 Å². The summed E-state index contributed by atoms with van der Waals surface area (Å²) in [4.78, 5) is 16.6. The lowest BCUT2D eigenvalue weighted by Crippen LogP contribution is -2.41. The van der Waals surface area contributed by atoms with E-state index in [4.69, 9.17) is 9.15 Å². The zero-order valence-corrected chi connectivity index (χ0v) is 14.3. The van der Waals surface area contributed by atoms with Gasteiger partial charge >= 0.3 is 0 Å². The van der Waals surface area contributed by atoms with Gasteiger partial charge in [-0.15, -0.1) is 0 Å². The number of fused-ring (bicyclic) bond motifs is 1. The highest BCUT2D eigenvalue weighted by Gasteiger charge is 2.32. The van der Waals surface area contributed by atoms with Gasteiger partial charge in [0.25, 0.3) is 5.22 Å². The number of carbonyl (C=O) groups is 1. The molecule has 1 aliphatic heterocycles. The lowest BCUT2D eigenvalue weighted by Gasteiger charge is -2.34. The van der Waals surface area contributed by atoms with Crippen molar-refractivity contribution in [2.45, 2.75) is 37.5 Å². The molecule has 1 saturated heterocycles. The van der Waals surface area contributed by atoms with E-state index in [1.54, 1.807) is 0 Å². The van der Waals surface area contributed by atoms with Gasteiger partial charge < -0.3 is 14.5 Å². The molecule has 5 nitrogen and oxygen atoms in total. The van der Waals surface area contributed by atoms with Crippen LogP contribution < -0.4 is 5.32 Å². The first kappa shape index (κ1) is 16.3. The summed E-state index contributed by atoms with van der Waals surface area (Å²) >= 11 is 1.52. The number of amides is 1. The predicted molar refractivity (Wildman–Crippen MR) is 90.5 cm³/mol. The van der Waals surface area contributed by atoms with E-state index in [2.05, 4.69) is 10.3 Å². The van der Waals surface area contributed by atoms with Crippen molar-refractivity contribution in [2.75, 3.05) is 18.9 Å². The third-order valence-corrected chi connectivity index (χ3v) is 4.80. The van der Waals surface area contributed by atoms with Crippen molar-refractivity contribution >= 4 is 28.8 Å². The lowest BCUT2D eigenvalue weighted by molar-refractivity contribution is -0.135. The van der Waals surface area contributed by atoms with Crippen LogP contribution >= 0.6 is 11.8 Å². The molecule has 1 fully saturated rings. The summed E-state index contributed by atoms with van der Waals surface area (Å²) in [6.45, 7) is 5.34. The number of hydrogen-bond donors (Lipinski definition) is 1. The number of aromatic nitrogens is 1. The molecule has 0 saturated carbocycles. The Morgan fingerprint density at radius 3 is 3.04 bits per heavy atom. The molecule has 2 aromatic rings. The van der Waals surface area contributed by atoms with E-state index in [-0.39, 0.29) is 17.4 Å². The summed E-state index contributed by atoms with van der Waals surface area (Å²) in [5.74, 6) is 0.915. The van der Waals surface area contributed by atoms with Gasteiger partial charge in [0.15, 0.2) is 5.58 Å². The molecule has 1 atom stereocenters. The predicted octanol–water partition coefficient (Wildman–Crippen LogP) is 3.24. The minimum Gasteiger partial charge on any atom is -0.431 e.